The van der Waals surface area contributed by atoms with Gasteiger partial charge < -0.3 is 19.0 Å². The number of rotatable bonds is 15. The standard InChI is InChI=1S/C34H49N3O5S2/c1-6-41-31(38)15-20-42-35-34(32(25(2)36-16-21-39-22-17-36)27-7-11-29(43-4)12-8-27)33(26(3)37-18-23-40-24-19-37)28-9-13-30(44-5)14-10-28/h7-14,25-26,32-33H,6,15-24H2,1-5H3. The van der Waals surface area contributed by atoms with Crippen LogP contribution in [0.4, 0.5) is 0 Å². The number of oxime groups is 1. The van der Waals surface area contributed by atoms with Crippen LogP contribution in [0, 0.1) is 0 Å². The lowest BCUT2D eigenvalue weighted by Gasteiger charge is -2.42. The minimum atomic E-state index is -0.277. The van der Waals surface area contributed by atoms with Gasteiger partial charge in [0.05, 0.1) is 45.2 Å². The van der Waals surface area contributed by atoms with Gasteiger partial charge in [0.1, 0.15) is 6.61 Å². The molecule has 2 aliphatic heterocycles. The quantitative estimate of drug-likeness (QED) is 0.0792. The minimum absolute atomic E-state index is 0.0553. The molecule has 44 heavy (non-hydrogen) atoms. The van der Waals surface area contributed by atoms with E-state index in [4.69, 9.17) is 24.2 Å². The normalized spacial score (nSPS) is 19.0. The van der Waals surface area contributed by atoms with Crippen LogP contribution < -0.4 is 0 Å². The number of thioether (sulfide) groups is 2. The van der Waals surface area contributed by atoms with E-state index < -0.39 is 0 Å². The smallest absolute Gasteiger partial charge is 0.309 e. The lowest BCUT2D eigenvalue weighted by molar-refractivity contribution is -0.144. The summed E-state index contributed by atoms with van der Waals surface area (Å²) in [6.07, 6.45) is 4.36. The van der Waals surface area contributed by atoms with Crippen LogP contribution in [-0.2, 0) is 23.8 Å². The molecule has 242 valence electrons. The van der Waals surface area contributed by atoms with Crippen molar-refractivity contribution in [3.63, 3.8) is 0 Å². The van der Waals surface area contributed by atoms with Gasteiger partial charge in [0.25, 0.3) is 0 Å². The van der Waals surface area contributed by atoms with Crippen LogP contribution >= 0.6 is 23.5 Å². The zero-order chi connectivity index (χ0) is 31.3. The van der Waals surface area contributed by atoms with Crippen molar-refractivity contribution >= 4 is 35.2 Å². The van der Waals surface area contributed by atoms with E-state index in [1.54, 1.807) is 23.5 Å². The van der Waals surface area contributed by atoms with Gasteiger partial charge in [-0.3, -0.25) is 14.6 Å². The topological polar surface area (TPSA) is 72.8 Å². The van der Waals surface area contributed by atoms with E-state index in [0.717, 1.165) is 58.3 Å². The highest BCUT2D eigenvalue weighted by Gasteiger charge is 2.39. The van der Waals surface area contributed by atoms with Crippen molar-refractivity contribution < 1.29 is 23.8 Å². The SMILES string of the molecule is CCOC(=O)CCON=C(C(c1ccc(SC)cc1)C(C)N1CCOCC1)C(c1ccc(SC)cc1)C(C)N1CCOCC1. The third kappa shape index (κ3) is 9.47. The summed E-state index contributed by atoms with van der Waals surface area (Å²) < 4.78 is 16.6. The van der Waals surface area contributed by atoms with Crippen LogP contribution in [0.15, 0.2) is 63.5 Å². The summed E-state index contributed by atoms with van der Waals surface area (Å²) in [6.45, 7) is 13.3. The molecule has 0 saturated carbocycles. The number of morpholine rings is 2. The maximum Gasteiger partial charge on any atom is 0.309 e. The first-order valence-corrected chi connectivity index (χ1v) is 18.2. The molecule has 0 aliphatic carbocycles. The Balaban J connectivity index is 1.83. The number of hydrogen-bond donors (Lipinski definition) is 0. The van der Waals surface area contributed by atoms with Crippen LogP contribution in [0.5, 0.6) is 0 Å². The first-order chi connectivity index (χ1) is 21.5. The number of hydrogen-bond acceptors (Lipinski definition) is 10. The highest BCUT2D eigenvalue weighted by molar-refractivity contribution is 7.98. The third-order valence-corrected chi connectivity index (χ3v) is 10.2. The van der Waals surface area contributed by atoms with Gasteiger partial charge >= 0.3 is 5.97 Å². The van der Waals surface area contributed by atoms with Crippen LogP contribution in [0.1, 0.15) is 50.2 Å². The summed E-state index contributed by atoms with van der Waals surface area (Å²) in [7, 11) is 0. The molecule has 8 nitrogen and oxygen atoms in total. The molecule has 0 bridgehead atoms. The molecule has 0 spiro atoms. The average molecular weight is 644 g/mol. The zero-order valence-corrected chi connectivity index (χ0v) is 28.5. The molecular weight excluding hydrogens is 595 g/mol. The van der Waals surface area contributed by atoms with Gasteiger partial charge in [0.15, 0.2) is 0 Å². The van der Waals surface area contributed by atoms with E-state index in [1.165, 1.54) is 20.9 Å². The molecular formula is C34H49N3O5S2. The number of benzene rings is 2. The van der Waals surface area contributed by atoms with Crippen molar-refractivity contribution in [1.29, 1.82) is 0 Å². The Bertz CT molecular complexity index is 1090. The lowest BCUT2D eigenvalue weighted by atomic mass is 9.76. The van der Waals surface area contributed by atoms with Crippen LogP contribution in [0.25, 0.3) is 0 Å². The summed E-state index contributed by atoms with van der Waals surface area (Å²) in [5.41, 5.74) is 3.38. The Kier molecular flexibility index (Phi) is 14.4. The minimum Gasteiger partial charge on any atom is -0.466 e. The Hall–Kier alpha value is -2.08. The molecule has 4 unspecified atom stereocenters. The first kappa shape index (κ1) is 34.8. The van der Waals surface area contributed by atoms with Crippen molar-refractivity contribution in [2.24, 2.45) is 5.16 Å². The molecule has 10 heteroatoms. The van der Waals surface area contributed by atoms with E-state index in [-0.39, 0.29) is 42.9 Å². The molecule has 0 amide bonds. The highest BCUT2D eigenvalue weighted by Crippen LogP contribution is 2.37. The van der Waals surface area contributed by atoms with Crippen molar-refractivity contribution in [3.8, 4) is 0 Å². The molecule has 0 aromatic heterocycles. The van der Waals surface area contributed by atoms with E-state index in [9.17, 15) is 4.79 Å². The molecule has 2 fully saturated rings. The molecule has 2 heterocycles. The largest absolute Gasteiger partial charge is 0.466 e. The fourth-order valence-electron chi connectivity index (χ4n) is 6.20. The van der Waals surface area contributed by atoms with Crippen LogP contribution in [0.2, 0.25) is 0 Å². The van der Waals surface area contributed by atoms with Gasteiger partial charge in [-0.25, -0.2) is 0 Å². The van der Waals surface area contributed by atoms with Gasteiger partial charge in [-0.05, 0) is 68.7 Å². The van der Waals surface area contributed by atoms with E-state index >= 15 is 0 Å². The van der Waals surface area contributed by atoms with Crippen molar-refractivity contribution in [3.05, 3.63) is 59.7 Å². The van der Waals surface area contributed by atoms with Gasteiger partial charge in [-0.2, -0.15) is 0 Å². The summed E-state index contributed by atoms with van der Waals surface area (Å²) in [5, 5.41) is 5.01. The molecule has 0 N–H and O–H groups in total. The fraction of sp³-hybridized carbons (Fsp3) is 0.588. The lowest BCUT2D eigenvalue weighted by Crippen LogP contribution is -2.50. The van der Waals surface area contributed by atoms with Crippen molar-refractivity contribution in [2.75, 3.05) is 78.3 Å². The van der Waals surface area contributed by atoms with Crippen LogP contribution in [0.3, 0.4) is 0 Å². The predicted molar refractivity (Wildman–Crippen MR) is 180 cm³/mol. The Morgan fingerprint density at radius 1 is 0.795 bits per heavy atom. The van der Waals surface area contributed by atoms with Crippen molar-refractivity contribution in [2.45, 2.75) is 60.9 Å². The monoisotopic (exact) mass is 643 g/mol. The molecule has 4 rings (SSSR count). The molecule has 2 aromatic carbocycles. The molecule has 0 radical (unpaired) electrons. The maximum absolute atomic E-state index is 12.2. The molecule has 2 aromatic rings. The highest BCUT2D eigenvalue weighted by atomic mass is 32.2. The fourth-order valence-corrected chi connectivity index (χ4v) is 7.01. The number of ether oxygens (including phenoxy) is 3. The first-order valence-electron chi connectivity index (χ1n) is 15.7. The second kappa shape index (κ2) is 18.2. The zero-order valence-electron chi connectivity index (χ0n) is 26.9. The Labute approximate surface area is 272 Å². The summed E-state index contributed by atoms with van der Waals surface area (Å²) in [4.78, 5) is 25.7. The molecule has 2 saturated heterocycles. The average Bonchev–Trinajstić information content (AvgIpc) is 3.08. The third-order valence-electron chi connectivity index (χ3n) is 8.67. The van der Waals surface area contributed by atoms with Gasteiger partial charge in [0.2, 0.25) is 0 Å². The summed E-state index contributed by atoms with van der Waals surface area (Å²) in [5.74, 6) is -0.387. The molecule has 2 aliphatic rings. The Morgan fingerprint density at radius 3 is 1.61 bits per heavy atom. The second-order valence-electron chi connectivity index (χ2n) is 11.2. The van der Waals surface area contributed by atoms with Gasteiger partial charge in [-0.1, -0.05) is 29.4 Å². The summed E-state index contributed by atoms with van der Waals surface area (Å²) >= 11 is 3.48. The second-order valence-corrected chi connectivity index (χ2v) is 12.9. The van der Waals surface area contributed by atoms with Gasteiger partial charge in [-0.15, -0.1) is 23.5 Å². The summed E-state index contributed by atoms with van der Waals surface area (Å²) in [6, 6.07) is 18.1. The number of carbonyl (C=O) groups is 1. The van der Waals surface area contributed by atoms with Crippen molar-refractivity contribution in [1.82, 2.24) is 9.80 Å². The van der Waals surface area contributed by atoms with E-state index in [1.807, 2.05) is 6.92 Å². The van der Waals surface area contributed by atoms with E-state index in [0.29, 0.717) is 6.61 Å². The number of nitrogens with zero attached hydrogens (tertiary/aromatic N) is 3. The Morgan fingerprint density at radius 2 is 1.23 bits per heavy atom. The van der Waals surface area contributed by atoms with Gasteiger partial charge in [0, 0.05) is 59.9 Å². The predicted octanol–water partition coefficient (Wildman–Crippen LogP) is 5.77. The van der Waals surface area contributed by atoms with E-state index in [2.05, 4.69) is 84.7 Å². The maximum atomic E-state index is 12.2. The van der Waals surface area contributed by atoms with Crippen LogP contribution in [-0.4, -0.2) is 112 Å². The molecule has 4 atom stereocenters. The number of esters is 1. The number of carbonyl (C=O) groups excluding carboxylic acids is 1.